The number of rotatable bonds is 4. The minimum atomic E-state index is 0.512. The number of anilines is 2. The van der Waals surface area contributed by atoms with Crippen LogP contribution in [0, 0.1) is 22.7 Å². The van der Waals surface area contributed by atoms with E-state index in [1.807, 2.05) is 30.3 Å². The molecule has 5 nitrogen and oxygen atoms in total. The molecule has 0 bridgehead atoms. The van der Waals surface area contributed by atoms with E-state index < -0.39 is 0 Å². The molecule has 0 spiro atoms. The molecule has 24 heavy (non-hydrogen) atoms. The molecule has 3 aromatic rings. The molecule has 5 heteroatoms. The van der Waals surface area contributed by atoms with Crippen molar-refractivity contribution in [2.45, 2.75) is 0 Å². The largest absolute Gasteiger partial charge is 0.457 e. The molecule has 0 aliphatic rings. The molecule has 0 unspecified atom stereocenters. The monoisotopic (exact) mass is 312 g/mol. The molecule has 3 rings (SSSR count). The van der Waals surface area contributed by atoms with E-state index in [0.29, 0.717) is 28.4 Å². The van der Waals surface area contributed by atoms with Crippen LogP contribution in [0.25, 0.3) is 0 Å². The molecule has 1 heterocycles. The fraction of sp³-hybridized carbons (Fsp3) is 0. The van der Waals surface area contributed by atoms with Crippen molar-refractivity contribution in [3.8, 4) is 23.6 Å². The van der Waals surface area contributed by atoms with Crippen LogP contribution in [0.5, 0.6) is 11.5 Å². The Morgan fingerprint density at radius 1 is 0.833 bits per heavy atom. The minimum Gasteiger partial charge on any atom is -0.457 e. The Balaban J connectivity index is 1.73. The number of benzene rings is 2. The third kappa shape index (κ3) is 3.68. The zero-order chi connectivity index (χ0) is 16.8. The van der Waals surface area contributed by atoms with Crippen LogP contribution in [0.4, 0.5) is 11.5 Å². The first kappa shape index (κ1) is 15.1. The smallest absolute Gasteiger partial charge is 0.130 e. The summed E-state index contributed by atoms with van der Waals surface area (Å²) in [7, 11) is 0. The Morgan fingerprint density at radius 2 is 1.58 bits per heavy atom. The van der Waals surface area contributed by atoms with Gasteiger partial charge >= 0.3 is 0 Å². The third-order valence-corrected chi connectivity index (χ3v) is 3.22. The second-order valence-corrected chi connectivity index (χ2v) is 4.93. The fourth-order valence-corrected chi connectivity index (χ4v) is 2.05. The van der Waals surface area contributed by atoms with Gasteiger partial charge in [0.2, 0.25) is 0 Å². The van der Waals surface area contributed by atoms with E-state index in [1.165, 1.54) is 6.20 Å². The van der Waals surface area contributed by atoms with Gasteiger partial charge in [0.15, 0.2) is 0 Å². The lowest BCUT2D eigenvalue weighted by Gasteiger charge is -2.09. The zero-order valence-corrected chi connectivity index (χ0v) is 12.6. The number of nitrogens with zero attached hydrogens (tertiary/aromatic N) is 3. The fourth-order valence-electron chi connectivity index (χ4n) is 2.05. The van der Waals surface area contributed by atoms with Gasteiger partial charge in [-0.15, -0.1) is 0 Å². The normalized spacial score (nSPS) is 9.58. The predicted octanol–water partition coefficient (Wildman–Crippen LogP) is 4.36. The van der Waals surface area contributed by atoms with Crippen LogP contribution in [0.2, 0.25) is 0 Å². The molecule has 114 valence electrons. The van der Waals surface area contributed by atoms with Crippen LogP contribution in [-0.4, -0.2) is 4.98 Å². The zero-order valence-electron chi connectivity index (χ0n) is 12.6. The van der Waals surface area contributed by atoms with Crippen LogP contribution >= 0.6 is 0 Å². The van der Waals surface area contributed by atoms with Crippen LogP contribution < -0.4 is 10.1 Å². The third-order valence-electron chi connectivity index (χ3n) is 3.22. The molecule has 2 aromatic carbocycles. The van der Waals surface area contributed by atoms with Crippen LogP contribution in [0.3, 0.4) is 0 Å². The van der Waals surface area contributed by atoms with Gasteiger partial charge in [-0.25, -0.2) is 4.98 Å². The molecule has 0 amide bonds. The van der Waals surface area contributed by atoms with Gasteiger partial charge in [-0.1, -0.05) is 6.07 Å². The molecule has 0 atom stereocenters. The van der Waals surface area contributed by atoms with Crippen molar-refractivity contribution in [3.63, 3.8) is 0 Å². The van der Waals surface area contributed by atoms with Gasteiger partial charge in [0.1, 0.15) is 23.4 Å². The Hall–Kier alpha value is -3.83. The van der Waals surface area contributed by atoms with Crippen molar-refractivity contribution in [2.24, 2.45) is 0 Å². The summed E-state index contributed by atoms with van der Waals surface area (Å²) in [5, 5.41) is 20.7. The molecule has 0 saturated carbocycles. The van der Waals surface area contributed by atoms with E-state index in [4.69, 9.17) is 15.3 Å². The highest BCUT2D eigenvalue weighted by Gasteiger charge is 2.01. The van der Waals surface area contributed by atoms with Gasteiger partial charge < -0.3 is 10.1 Å². The van der Waals surface area contributed by atoms with Gasteiger partial charge in [-0.05, 0) is 48.5 Å². The van der Waals surface area contributed by atoms with Crippen LogP contribution in [0.1, 0.15) is 11.1 Å². The number of hydrogen-bond acceptors (Lipinski definition) is 5. The summed E-state index contributed by atoms with van der Waals surface area (Å²) >= 11 is 0. The lowest BCUT2D eigenvalue weighted by atomic mass is 10.2. The molecular formula is C19H12N4O. The molecule has 0 aliphatic heterocycles. The maximum Gasteiger partial charge on any atom is 0.130 e. The maximum atomic E-state index is 8.80. The van der Waals surface area contributed by atoms with Gasteiger partial charge in [0.25, 0.3) is 0 Å². The summed E-state index contributed by atoms with van der Waals surface area (Å²) in [5.74, 6) is 1.96. The lowest BCUT2D eigenvalue weighted by Crippen LogP contribution is -1.94. The van der Waals surface area contributed by atoms with Crippen LogP contribution in [-0.2, 0) is 0 Å². The average Bonchev–Trinajstić information content (AvgIpc) is 2.63. The number of hydrogen-bond donors (Lipinski definition) is 1. The van der Waals surface area contributed by atoms with E-state index in [1.54, 1.807) is 36.4 Å². The van der Waals surface area contributed by atoms with Crippen molar-refractivity contribution >= 4 is 11.5 Å². The standard InChI is InChI=1S/C19H12N4O/c20-11-14-4-7-17(8-5-14)24-18-3-1-2-16(10-18)23-19-9-6-15(12-21)13-22-19/h1-10,13H,(H,22,23). The quantitative estimate of drug-likeness (QED) is 0.774. The van der Waals surface area contributed by atoms with Crippen molar-refractivity contribution in [3.05, 3.63) is 78.0 Å². The summed E-state index contributed by atoms with van der Waals surface area (Å²) in [4.78, 5) is 4.17. The second-order valence-electron chi connectivity index (χ2n) is 4.93. The Labute approximate surface area is 139 Å². The molecule has 0 fully saturated rings. The van der Waals surface area contributed by atoms with Gasteiger partial charge in [0, 0.05) is 18.0 Å². The topological polar surface area (TPSA) is 81.7 Å². The molecule has 1 N–H and O–H groups in total. The Bertz CT molecular complexity index is 845. The van der Waals surface area contributed by atoms with E-state index >= 15 is 0 Å². The van der Waals surface area contributed by atoms with Gasteiger partial charge in [-0.2, -0.15) is 10.5 Å². The highest BCUT2D eigenvalue weighted by Crippen LogP contribution is 2.25. The number of nitrogens with one attached hydrogen (secondary N) is 1. The van der Waals surface area contributed by atoms with Gasteiger partial charge in [-0.3, -0.25) is 0 Å². The maximum absolute atomic E-state index is 8.80. The first-order valence-electron chi connectivity index (χ1n) is 7.18. The predicted molar refractivity (Wildman–Crippen MR) is 89.9 cm³/mol. The summed E-state index contributed by atoms with van der Waals surface area (Å²) in [5.41, 5.74) is 1.92. The Morgan fingerprint density at radius 3 is 2.25 bits per heavy atom. The van der Waals surface area contributed by atoms with E-state index in [-0.39, 0.29) is 0 Å². The molecule has 1 aromatic heterocycles. The van der Waals surface area contributed by atoms with Crippen molar-refractivity contribution in [2.75, 3.05) is 5.32 Å². The Kier molecular flexibility index (Phi) is 4.37. The van der Waals surface area contributed by atoms with Crippen LogP contribution in [0.15, 0.2) is 66.9 Å². The van der Waals surface area contributed by atoms with E-state index in [9.17, 15) is 0 Å². The summed E-state index contributed by atoms with van der Waals surface area (Å²) < 4.78 is 5.78. The second kappa shape index (κ2) is 6.95. The first-order valence-corrected chi connectivity index (χ1v) is 7.18. The minimum absolute atomic E-state index is 0.512. The van der Waals surface area contributed by atoms with E-state index in [2.05, 4.69) is 16.4 Å². The number of nitriles is 2. The summed E-state index contributed by atoms with van der Waals surface area (Å²) in [6, 6.07) is 21.9. The first-order chi connectivity index (χ1) is 11.8. The molecular weight excluding hydrogens is 300 g/mol. The van der Waals surface area contributed by atoms with Crippen molar-refractivity contribution in [1.29, 1.82) is 10.5 Å². The number of pyridine rings is 1. The average molecular weight is 312 g/mol. The lowest BCUT2D eigenvalue weighted by molar-refractivity contribution is 0.483. The molecule has 0 radical (unpaired) electrons. The summed E-state index contributed by atoms with van der Waals surface area (Å²) in [6.45, 7) is 0. The molecule has 0 aliphatic carbocycles. The molecule has 0 saturated heterocycles. The SMILES string of the molecule is N#Cc1ccc(Oc2cccc(Nc3ccc(C#N)cn3)c2)cc1. The number of ether oxygens (including phenoxy) is 1. The van der Waals surface area contributed by atoms with Crippen molar-refractivity contribution in [1.82, 2.24) is 4.98 Å². The number of aromatic nitrogens is 1. The summed E-state index contributed by atoms with van der Waals surface area (Å²) in [6.07, 6.45) is 1.51. The van der Waals surface area contributed by atoms with Crippen molar-refractivity contribution < 1.29 is 4.74 Å². The highest BCUT2D eigenvalue weighted by atomic mass is 16.5. The van der Waals surface area contributed by atoms with Gasteiger partial charge in [0.05, 0.1) is 17.2 Å². The van der Waals surface area contributed by atoms with E-state index in [0.717, 1.165) is 5.69 Å². The highest BCUT2D eigenvalue weighted by molar-refractivity contribution is 5.58.